The fraction of sp³-hybridized carbons (Fsp3) is 0.385. The zero-order valence-electron chi connectivity index (χ0n) is 19.1. The van der Waals surface area contributed by atoms with Gasteiger partial charge in [-0.25, -0.2) is 9.37 Å². The Bertz CT molecular complexity index is 1240. The van der Waals surface area contributed by atoms with E-state index in [2.05, 4.69) is 0 Å². The second-order valence-corrected chi connectivity index (χ2v) is 10.1. The van der Waals surface area contributed by atoms with Crippen molar-refractivity contribution in [3.63, 3.8) is 0 Å². The van der Waals surface area contributed by atoms with Crippen molar-refractivity contribution in [2.45, 2.75) is 63.1 Å². The van der Waals surface area contributed by atoms with E-state index >= 15 is 0 Å². The number of carbonyl (C=O) groups excluding carboxylic acids is 1. The number of aliphatic carboxylic acids is 1. The van der Waals surface area contributed by atoms with Crippen LogP contribution in [0, 0.1) is 5.82 Å². The summed E-state index contributed by atoms with van der Waals surface area (Å²) in [7, 11) is 0. The smallest absolute Gasteiger partial charge is 0.550 e. The molecule has 1 aromatic carbocycles. The zero-order valence-corrected chi connectivity index (χ0v) is 21.9. The van der Waals surface area contributed by atoms with Gasteiger partial charge in [0.25, 0.3) is 0 Å². The summed E-state index contributed by atoms with van der Waals surface area (Å²) in [4.78, 5) is 18.2. The standard InChI is InChI=1S/C26H26FNO4S.Na/c27-16-8-6-14(7-9-16)23-20(11-10-17(29)12-18(30)13-22(31)32)25(15-4-5-15)28-26-24(23)19-2-1-3-21(19)33-26;/h6-11,15,17-18,29-30H,1-5,12-13H2,(H,31,32);/q;+1/p-1/b11-10+;/t17-,18-;/m1./s1. The van der Waals surface area contributed by atoms with Crippen molar-refractivity contribution < 1.29 is 54.1 Å². The number of pyridine rings is 1. The number of aliphatic hydroxyl groups excluding tert-OH is 2. The van der Waals surface area contributed by atoms with Crippen molar-refractivity contribution in [1.29, 1.82) is 0 Å². The molecule has 2 aromatic heterocycles. The van der Waals surface area contributed by atoms with E-state index in [1.807, 2.05) is 6.08 Å². The maximum absolute atomic E-state index is 13.7. The summed E-state index contributed by atoms with van der Waals surface area (Å²) in [6.45, 7) is 0. The minimum Gasteiger partial charge on any atom is -0.550 e. The first-order chi connectivity index (χ1) is 15.9. The van der Waals surface area contributed by atoms with E-state index < -0.39 is 24.6 Å². The third-order valence-electron chi connectivity index (χ3n) is 6.42. The van der Waals surface area contributed by atoms with E-state index in [0.717, 1.165) is 64.7 Å². The Labute approximate surface area is 223 Å². The maximum atomic E-state index is 13.7. The number of halogens is 1. The second kappa shape index (κ2) is 10.6. The third-order valence-corrected chi connectivity index (χ3v) is 7.60. The van der Waals surface area contributed by atoms with E-state index in [1.165, 1.54) is 22.6 Å². The molecule has 0 aliphatic heterocycles. The van der Waals surface area contributed by atoms with Gasteiger partial charge in [-0.3, -0.25) is 0 Å². The first-order valence-corrected chi connectivity index (χ1v) is 12.2. The molecular weight excluding hydrogens is 464 g/mol. The largest absolute Gasteiger partial charge is 1.00 e. The summed E-state index contributed by atoms with van der Waals surface area (Å²) < 4.78 is 13.7. The summed E-state index contributed by atoms with van der Waals surface area (Å²) in [6.07, 6.45) is 5.89. The van der Waals surface area contributed by atoms with Crippen LogP contribution < -0.4 is 34.7 Å². The molecule has 1 saturated carbocycles. The molecule has 0 unspecified atom stereocenters. The molecule has 2 N–H and O–H groups in total. The van der Waals surface area contributed by atoms with E-state index in [1.54, 1.807) is 29.5 Å². The zero-order chi connectivity index (χ0) is 23.1. The predicted octanol–water partition coefficient (Wildman–Crippen LogP) is 0.738. The Kier molecular flexibility index (Phi) is 7.92. The molecule has 0 saturated heterocycles. The summed E-state index contributed by atoms with van der Waals surface area (Å²) in [5, 5.41) is 32.1. The summed E-state index contributed by atoms with van der Waals surface area (Å²) in [5.41, 5.74) is 5.14. The third kappa shape index (κ3) is 5.30. The van der Waals surface area contributed by atoms with Crippen molar-refractivity contribution in [1.82, 2.24) is 4.98 Å². The Balaban J connectivity index is 0.00000274. The number of aromatic nitrogens is 1. The van der Waals surface area contributed by atoms with Crippen molar-refractivity contribution in [2.24, 2.45) is 0 Å². The van der Waals surface area contributed by atoms with E-state index in [9.17, 15) is 24.5 Å². The van der Waals surface area contributed by atoms with E-state index in [-0.39, 0.29) is 41.8 Å². The van der Waals surface area contributed by atoms with Crippen LogP contribution in [0.1, 0.15) is 59.7 Å². The average molecular weight is 490 g/mol. The molecule has 2 atom stereocenters. The molecule has 2 heterocycles. The molecule has 34 heavy (non-hydrogen) atoms. The number of aryl methyl sites for hydroxylation is 2. The summed E-state index contributed by atoms with van der Waals surface area (Å²) >= 11 is 1.75. The molecule has 2 aliphatic carbocycles. The van der Waals surface area contributed by atoms with Crippen molar-refractivity contribution in [3.05, 3.63) is 57.9 Å². The molecule has 2 aliphatic rings. The van der Waals surface area contributed by atoms with Gasteiger partial charge in [0.15, 0.2) is 0 Å². The average Bonchev–Trinajstić information content (AvgIpc) is 3.40. The van der Waals surface area contributed by atoms with Gasteiger partial charge in [0, 0.05) is 46.1 Å². The monoisotopic (exact) mass is 489 g/mol. The number of thiophene rings is 1. The fourth-order valence-electron chi connectivity index (χ4n) is 4.75. The number of nitrogens with zero attached hydrogens (tertiary/aromatic N) is 1. The Morgan fingerprint density at radius 1 is 1.24 bits per heavy atom. The van der Waals surface area contributed by atoms with Crippen LogP contribution >= 0.6 is 11.3 Å². The van der Waals surface area contributed by atoms with Gasteiger partial charge in [0.2, 0.25) is 0 Å². The minimum atomic E-state index is -1.35. The Morgan fingerprint density at radius 2 is 1.97 bits per heavy atom. The number of carbonyl (C=O) groups is 1. The summed E-state index contributed by atoms with van der Waals surface area (Å²) in [5.74, 6) is -1.29. The number of benzene rings is 1. The number of fused-ring (bicyclic) bond motifs is 3. The van der Waals surface area contributed by atoms with Gasteiger partial charge < -0.3 is 20.1 Å². The number of aliphatic hydroxyl groups is 2. The number of hydrogen-bond donors (Lipinski definition) is 2. The Morgan fingerprint density at radius 3 is 2.65 bits per heavy atom. The molecular formula is C26H25FNNaO4S. The number of rotatable bonds is 8. The maximum Gasteiger partial charge on any atom is 1.00 e. The van der Waals surface area contributed by atoms with Gasteiger partial charge in [-0.05, 0) is 55.4 Å². The molecule has 5 nitrogen and oxygen atoms in total. The normalized spacial score (nSPS) is 17.0. The predicted molar refractivity (Wildman–Crippen MR) is 124 cm³/mol. The SMILES string of the molecule is O=C([O-])C[C@H](O)C[C@H](O)/C=C/c1c(C2CC2)nc2sc3c(c2c1-c1ccc(F)cc1)CCC3.[Na+]. The van der Waals surface area contributed by atoms with Crippen LogP contribution in [-0.2, 0) is 17.6 Å². The van der Waals surface area contributed by atoms with Gasteiger partial charge in [-0.15, -0.1) is 11.3 Å². The second-order valence-electron chi connectivity index (χ2n) is 9.00. The Hall–Kier alpha value is -1.61. The number of hydrogen-bond acceptors (Lipinski definition) is 6. The minimum absolute atomic E-state index is 0. The topological polar surface area (TPSA) is 93.5 Å². The quantitative estimate of drug-likeness (QED) is 0.456. The van der Waals surface area contributed by atoms with Gasteiger partial charge in [-0.2, -0.15) is 0 Å². The van der Waals surface area contributed by atoms with Crippen molar-refractivity contribution >= 4 is 33.6 Å². The number of carboxylic acids is 1. The van der Waals surface area contributed by atoms with Gasteiger partial charge in [-0.1, -0.05) is 24.3 Å². The molecule has 0 spiro atoms. The van der Waals surface area contributed by atoms with Crippen LogP contribution in [0.15, 0.2) is 30.3 Å². The molecule has 172 valence electrons. The molecule has 0 amide bonds. The molecule has 0 radical (unpaired) electrons. The van der Waals surface area contributed by atoms with Gasteiger partial charge in [0.1, 0.15) is 10.6 Å². The van der Waals surface area contributed by atoms with Crippen LogP contribution in [0.3, 0.4) is 0 Å². The van der Waals surface area contributed by atoms with Crippen LogP contribution in [0.5, 0.6) is 0 Å². The molecule has 0 bridgehead atoms. The molecule has 8 heteroatoms. The molecule has 3 aromatic rings. The van der Waals surface area contributed by atoms with Crippen molar-refractivity contribution in [2.75, 3.05) is 0 Å². The molecule has 1 fully saturated rings. The first kappa shape index (κ1) is 25.5. The van der Waals surface area contributed by atoms with Crippen molar-refractivity contribution in [3.8, 4) is 11.1 Å². The van der Waals surface area contributed by atoms with Crippen LogP contribution in [-0.4, -0.2) is 33.4 Å². The summed E-state index contributed by atoms with van der Waals surface area (Å²) in [6, 6.07) is 6.50. The van der Waals surface area contributed by atoms with E-state index in [0.29, 0.717) is 5.92 Å². The fourth-order valence-corrected chi connectivity index (χ4v) is 6.03. The van der Waals surface area contributed by atoms with Crippen LogP contribution in [0.2, 0.25) is 0 Å². The van der Waals surface area contributed by atoms with E-state index in [4.69, 9.17) is 4.98 Å². The van der Waals surface area contributed by atoms with Gasteiger partial charge in [0.05, 0.1) is 17.9 Å². The van der Waals surface area contributed by atoms with Crippen LogP contribution in [0.4, 0.5) is 4.39 Å². The first-order valence-electron chi connectivity index (χ1n) is 11.4. The number of carboxylic acid groups (broad SMARTS) is 1. The van der Waals surface area contributed by atoms with Crippen LogP contribution in [0.25, 0.3) is 27.4 Å². The van der Waals surface area contributed by atoms with Gasteiger partial charge >= 0.3 is 29.6 Å². The molecule has 5 rings (SSSR count).